The molecule has 17 heteroatoms. The van der Waals surface area contributed by atoms with Gasteiger partial charge in [-0.15, -0.1) is 11.6 Å². The Hall–Kier alpha value is 1.19. The Kier molecular flexibility index (Phi) is 31.2. The van der Waals surface area contributed by atoms with Crippen LogP contribution in [0.3, 0.4) is 0 Å². The molecule has 0 fully saturated rings. The van der Waals surface area contributed by atoms with Crippen molar-refractivity contribution >= 4 is 62.0 Å². The normalized spacial score (nSPS) is 14.4. The molecular weight excluding hydrogens is 912 g/mol. The van der Waals surface area contributed by atoms with E-state index in [-0.39, 0.29) is 20.2 Å². The lowest BCUT2D eigenvalue weighted by Crippen LogP contribution is -2.59. The number of methoxy groups -OCH3 is 2. The van der Waals surface area contributed by atoms with Gasteiger partial charge in [0, 0.05) is 20.1 Å². The van der Waals surface area contributed by atoms with Crippen LogP contribution in [0.25, 0.3) is 0 Å². The van der Waals surface area contributed by atoms with E-state index in [0.717, 1.165) is 55.7 Å². The lowest BCUT2D eigenvalue weighted by atomic mass is 10.2. The zero-order valence-electron chi connectivity index (χ0n) is 47.4. The minimum Gasteiger partial charge on any atom is -0.436 e. The molecule has 0 aromatic carbocycles. The molecule has 10 nitrogen and oxygen atoms in total. The van der Waals surface area contributed by atoms with Crippen LogP contribution >= 0.6 is 11.6 Å². The van der Waals surface area contributed by atoms with Crippen LogP contribution in [0.2, 0.25) is 97.7 Å². The highest BCUT2D eigenvalue weighted by Crippen LogP contribution is 2.45. The number of halogens is 1. The van der Waals surface area contributed by atoms with Crippen molar-refractivity contribution in [3.8, 4) is 0 Å². The van der Waals surface area contributed by atoms with Crippen molar-refractivity contribution < 1.29 is 39.9 Å². The van der Waals surface area contributed by atoms with Gasteiger partial charge in [-0.25, -0.2) is 0 Å². The van der Waals surface area contributed by atoms with Crippen LogP contribution in [0, 0.1) is 0 Å². The summed E-state index contributed by atoms with van der Waals surface area (Å²) in [7, 11) is 0.371. The van der Waals surface area contributed by atoms with Crippen LogP contribution in [-0.2, 0) is 35.4 Å². The van der Waals surface area contributed by atoms with Crippen LogP contribution < -0.4 is 0 Å². The largest absolute Gasteiger partial charge is 0.436 e. The second-order valence-corrected chi connectivity index (χ2v) is 52.3. The molecule has 384 valence electrons. The SMILES string of the molecule is CN(C)CCC[Si](C)(O[Si](C)(C)C(C)(C)C)O[Si](C)(C)C(C)(C)C.COCCOCCOCCCl.COCC[N+](C)(C)CCC[Si](C)(O[Si](C)(C)C(C)(C)C)O[Si](C)(C)C(C)(C)C. The first-order valence-electron chi connectivity index (χ1n) is 23.9. The van der Waals surface area contributed by atoms with E-state index in [4.69, 9.17) is 47.0 Å². The number of rotatable bonds is 27. The molecule has 0 aromatic rings. The summed E-state index contributed by atoms with van der Waals surface area (Å²) in [6.07, 6.45) is 2.29. The molecule has 0 spiro atoms. The van der Waals surface area contributed by atoms with E-state index in [1.807, 2.05) is 0 Å². The van der Waals surface area contributed by atoms with Crippen molar-refractivity contribution in [2.45, 2.75) is 194 Å². The van der Waals surface area contributed by atoms with E-state index in [9.17, 15) is 0 Å². The van der Waals surface area contributed by atoms with Gasteiger partial charge >= 0.3 is 17.1 Å². The monoisotopic (exact) mass is 1020 g/mol. The first-order chi connectivity index (χ1) is 27.9. The maximum absolute atomic E-state index is 7.08. The van der Waals surface area contributed by atoms with Gasteiger partial charge in [0.1, 0.15) is 6.54 Å². The van der Waals surface area contributed by atoms with Crippen molar-refractivity contribution in [2.75, 3.05) is 108 Å². The lowest BCUT2D eigenvalue weighted by Gasteiger charge is -2.48. The zero-order chi connectivity index (χ0) is 50.6. The zero-order valence-corrected chi connectivity index (χ0v) is 54.2. The highest BCUT2D eigenvalue weighted by Gasteiger charge is 2.51. The van der Waals surface area contributed by atoms with Gasteiger partial charge in [-0.1, -0.05) is 83.1 Å². The molecular formula is C46H112ClN2O8Si6+. The average molecular weight is 1030 g/mol. The molecule has 0 amide bonds. The fraction of sp³-hybridized carbons (Fsp3) is 1.00. The maximum atomic E-state index is 7.08. The first kappa shape index (κ1) is 68.5. The number of hydrogen-bond donors (Lipinski definition) is 0. The van der Waals surface area contributed by atoms with Gasteiger partial charge in [-0.05, 0) is 131 Å². The Morgan fingerprint density at radius 2 is 0.746 bits per heavy atom. The van der Waals surface area contributed by atoms with Gasteiger partial charge in [0.15, 0.2) is 33.3 Å². The highest BCUT2D eigenvalue weighted by molar-refractivity contribution is 6.91. The molecule has 0 saturated heterocycles. The summed E-state index contributed by atoms with van der Waals surface area (Å²) in [4.78, 5) is 2.26. The van der Waals surface area contributed by atoms with Crippen LogP contribution in [0.5, 0.6) is 0 Å². The molecule has 0 rings (SSSR count). The molecule has 63 heavy (non-hydrogen) atoms. The van der Waals surface area contributed by atoms with Crippen LogP contribution in [0.1, 0.15) is 95.9 Å². The molecule has 0 unspecified atom stereocenters. The fourth-order valence-corrected chi connectivity index (χ4v) is 32.1. The Morgan fingerprint density at radius 1 is 0.444 bits per heavy atom. The minimum absolute atomic E-state index is 0.200. The van der Waals surface area contributed by atoms with Crippen LogP contribution in [-0.4, -0.2) is 167 Å². The predicted molar refractivity (Wildman–Crippen MR) is 292 cm³/mol. The van der Waals surface area contributed by atoms with Gasteiger partial charge < -0.3 is 44.8 Å². The first-order valence-corrected chi connectivity index (χ1v) is 41.1. The minimum atomic E-state index is -2.29. The third-order valence-corrected chi connectivity index (χ3v) is 45.9. The number of hydrogen-bond acceptors (Lipinski definition) is 9. The van der Waals surface area contributed by atoms with E-state index < -0.39 is 50.4 Å². The van der Waals surface area contributed by atoms with Gasteiger partial charge in [-0.3, -0.25) is 0 Å². The van der Waals surface area contributed by atoms with Crippen LogP contribution in [0.4, 0.5) is 0 Å². The molecule has 0 N–H and O–H groups in total. The molecule has 0 saturated carbocycles. The lowest BCUT2D eigenvalue weighted by molar-refractivity contribution is -0.890. The standard InChI is InChI=1S/C21H52NO3Si3.C18H45NO2Si3.C7H15ClO3/c1-20(2,3)26(10,11)24-28(14,25-27(12,13)21(4,5)6)19-15-16-22(7,8)17-18-23-9;1-17(2,3)22(9,10)20-24(13,16-14-15-19(7)8)21-23(11,12)18(4,5)6;1-9-4-5-11-7-6-10-3-2-8/h15-19H2,1-14H3;14-16H2,1-13H3;2-7H2,1H3/q+1;;. The molecule has 0 aliphatic rings. The van der Waals surface area contributed by atoms with Crippen molar-refractivity contribution in [1.29, 1.82) is 0 Å². The van der Waals surface area contributed by atoms with Crippen LogP contribution in [0.15, 0.2) is 0 Å². The fourth-order valence-electron chi connectivity index (χ4n) is 5.53. The number of ether oxygens (including phenoxy) is 4. The summed E-state index contributed by atoms with van der Waals surface area (Å²) in [6, 6.07) is 2.16. The Labute approximate surface area is 405 Å². The average Bonchev–Trinajstić information content (AvgIpc) is 3.04. The molecule has 0 heterocycles. The predicted octanol–water partition coefficient (Wildman–Crippen LogP) is 13.2. The van der Waals surface area contributed by atoms with Gasteiger partial charge in [0.25, 0.3) is 0 Å². The molecule has 0 aliphatic heterocycles. The van der Waals surface area contributed by atoms with E-state index >= 15 is 0 Å². The second kappa shape index (κ2) is 28.8. The quantitative estimate of drug-likeness (QED) is 0.0346. The van der Waals surface area contributed by atoms with Crippen molar-refractivity contribution in [2.24, 2.45) is 0 Å². The van der Waals surface area contributed by atoms with E-state index in [1.54, 1.807) is 14.2 Å². The van der Waals surface area contributed by atoms with Gasteiger partial charge in [-0.2, -0.15) is 0 Å². The third kappa shape index (κ3) is 29.7. The second-order valence-electron chi connectivity index (χ2n) is 25.0. The summed E-state index contributed by atoms with van der Waals surface area (Å²) in [6.45, 7) is 58.6. The summed E-state index contributed by atoms with van der Waals surface area (Å²) in [5.41, 5.74) is 0. The van der Waals surface area contributed by atoms with E-state index in [2.05, 4.69) is 182 Å². The topological polar surface area (TPSA) is 77.1 Å². The third-order valence-electron chi connectivity index (χ3n) is 13.7. The Morgan fingerprint density at radius 3 is 1.03 bits per heavy atom. The highest BCUT2D eigenvalue weighted by atomic mass is 35.5. The molecule has 0 aromatic heterocycles. The smallest absolute Gasteiger partial charge is 0.314 e. The Bertz CT molecular complexity index is 1140. The molecule has 0 bridgehead atoms. The van der Waals surface area contributed by atoms with E-state index in [0.29, 0.717) is 38.9 Å². The maximum Gasteiger partial charge on any atom is 0.314 e. The Balaban J connectivity index is -0.000000932. The molecule has 0 radical (unpaired) electrons. The molecule has 0 aliphatic carbocycles. The number of likely N-dealkylation sites (N-methyl/N-ethyl adjacent to an activating group) is 1. The van der Waals surface area contributed by atoms with Gasteiger partial charge in [0.2, 0.25) is 0 Å². The summed E-state index contributed by atoms with van der Waals surface area (Å²) in [5, 5.41) is 0.844. The number of alkyl halides is 1. The number of nitrogens with zero attached hydrogens (tertiary/aromatic N) is 2. The summed E-state index contributed by atoms with van der Waals surface area (Å²) >= 11 is 5.38. The number of quaternary nitrogens is 1. The van der Waals surface area contributed by atoms with E-state index in [1.165, 1.54) is 0 Å². The van der Waals surface area contributed by atoms with Gasteiger partial charge in [0.05, 0.1) is 60.3 Å². The van der Waals surface area contributed by atoms with Crippen molar-refractivity contribution in [3.63, 3.8) is 0 Å². The molecule has 0 atom stereocenters. The van der Waals surface area contributed by atoms with Crippen molar-refractivity contribution in [3.05, 3.63) is 0 Å². The summed E-state index contributed by atoms with van der Waals surface area (Å²) < 4.78 is 49.3. The van der Waals surface area contributed by atoms with Crippen molar-refractivity contribution in [1.82, 2.24) is 4.90 Å². The summed E-state index contributed by atoms with van der Waals surface area (Å²) in [5.74, 6) is 0.540.